The summed E-state index contributed by atoms with van der Waals surface area (Å²) in [6.07, 6.45) is 0.160. The Morgan fingerprint density at radius 2 is 2.15 bits per heavy atom. The Morgan fingerprint density at radius 1 is 1.40 bits per heavy atom. The number of carboxylic acid groups (broad SMARTS) is 1. The molecule has 1 amide bonds. The van der Waals surface area contributed by atoms with Crippen LogP contribution in [0.25, 0.3) is 0 Å². The molecule has 0 aromatic heterocycles. The van der Waals surface area contributed by atoms with Gasteiger partial charge in [0.05, 0.1) is 6.10 Å². The number of nitrogens with zero attached hydrogens (tertiary/aromatic N) is 1. The summed E-state index contributed by atoms with van der Waals surface area (Å²) in [7, 11) is 0. The second kappa shape index (κ2) is 6.37. The molecule has 1 saturated heterocycles. The molecule has 0 unspecified atom stereocenters. The zero-order valence-electron chi connectivity index (χ0n) is 10.8. The van der Waals surface area contributed by atoms with Crippen molar-refractivity contribution in [3.8, 4) is 0 Å². The molecule has 1 aromatic rings. The van der Waals surface area contributed by atoms with Gasteiger partial charge in [0.15, 0.2) is 0 Å². The first-order valence-electron chi connectivity index (χ1n) is 6.42. The molecular weight excluding hydrogens is 326 g/mol. The third-order valence-corrected chi connectivity index (χ3v) is 3.89. The average Bonchev–Trinajstić information content (AvgIpc) is 2.78. The van der Waals surface area contributed by atoms with E-state index in [4.69, 9.17) is 5.11 Å². The first-order chi connectivity index (χ1) is 9.47. The molecule has 0 bridgehead atoms. The smallest absolute Gasteiger partial charge is 0.326 e. The highest BCUT2D eigenvalue weighted by Gasteiger charge is 2.38. The van der Waals surface area contributed by atoms with Crippen LogP contribution < -0.4 is 0 Å². The molecule has 2 atom stereocenters. The molecule has 0 radical (unpaired) electrons. The molecule has 1 aromatic carbocycles. The maximum Gasteiger partial charge on any atom is 0.326 e. The summed E-state index contributed by atoms with van der Waals surface area (Å²) in [5.74, 6) is -1.29. The normalized spacial score (nSPS) is 22.0. The van der Waals surface area contributed by atoms with Crippen LogP contribution in [0.15, 0.2) is 28.7 Å². The van der Waals surface area contributed by atoms with Crippen molar-refractivity contribution in [2.45, 2.75) is 31.4 Å². The van der Waals surface area contributed by atoms with E-state index in [9.17, 15) is 14.7 Å². The van der Waals surface area contributed by atoms with E-state index in [1.54, 1.807) is 0 Å². The number of aryl methyl sites for hydroxylation is 1. The molecule has 2 N–H and O–H groups in total. The Kier molecular flexibility index (Phi) is 4.77. The van der Waals surface area contributed by atoms with Gasteiger partial charge in [-0.05, 0) is 24.1 Å². The number of amides is 1. The topological polar surface area (TPSA) is 77.8 Å². The van der Waals surface area contributed by atoms with Crippen molar-refractivity contribution in [3.05, 3.63) is 34.3 Å². The standard InChI is InChI=1S/C14H16BrNO4/c15-10-3-1-2-9(6-10)4-5-13(18)16-8-11(17)7-12(16)14(19)20/h1-3,6,11-12,17H,4-5,7-8H2,(H,19,20)/t11-,12-/m0/s1. The molecule has 0 saturated carbocycles. The zero-order chi connectivity index (χ0) is 14.7. The van der Waals surface area contributed by atoms with E-state index in [1.165, 1.54) is 4.90 Å². The number of hydrogen-bond acceptors (Lipinski definition) is 3. The number of aliphatic carboxylic acids is 1. The van der Waals surface area contributed by atoms with E-state index in [0.29, 0.717) is 6.42 Å². The fourth-order valence-corrected chi connectivity index (χ4v) is 2.86. The average molecular weight is 342 g/mol. The number of halogens is 1. The Morgan fingerprint density at radius 3 is 2.80 bits per heavy atom. The van der Waals surface area contributed by atoms with E-state index in [-0.39, 0.29) is 25.3 Å². The van der Waals surface area contributed by atoms with Gasteiger partial charge >= 0.3 is 5.97 Å². The fourth-order valence-electron chi connectivity index (χ4n) is 2.41. The molecule has 0 spiro atoms. The van der Waals surface area contributed by atoms with Crippen molar-refractivity contribution < 1.29 is 19.8 Å². The summed E-state index contributed by atoms with van der Waals surface area (Å²) in [5.41, 5.74) is 1.01. The zero-order valence-corrected chi connectivity index (χ0v) is 12.4. The lowest BCUT2D eigenvalue weighted by Gasteiger charge is -2.21. The summed E-state index contributed by atoms with van der Waals surface area (Å²) in [6.45, 7) is 0.105. The van der Waals surface area contributed by atoms with Gasteiger partial charge in [-0.3, -0.25) is 4.79 Å². The van der Waals surface area contributed by atoms with Crippen LogP contribution in [0.5, 0.6) is 0 Å². The van der Waals surface area contributed by atoms with Gasteiger partial charge in [-0.2, -0.15) is 0 Å². The fraction of sp³-hybridized carbons (Fsp3) is 0.429. The Bertz CT molecular complexity index is 520. The van der Waals surface area contributed by atoms with Crippen molar-refractivity contribution in [1.82, 2.24) is 4.90 Å². The predicted molar refractivity (Wildman–Crippen MR) is 76.2 cm³/mol. The molecular formula is C14H16BrNO4. The number of aliphatic hydroxyl groups excluding tert-OH is 1. The molecule has 1 heterocycles. The molecule has 5 nitrogen and oxygen atoms in total. The van der Waals surface area contributed by atoms with Gasteiger partial charge in [0.1, 0.15) is 6.04 Å². The number of carbonyl (C=O) groups is 2. The lowest BCUT2D eigenvalue weighted by atomic mass is 10.1. The van der Waals surface area contributed by atoms with Crippen molar-refractivity contribution >= 4 is 27.8 Å². The van der Waals surface area contributed by atoms with Crippen molar-refractivity contribution in [2.24, 2.45) is 0 Å². The summed E-state index contributed by atoms with van der Waals surface area (Å²) in [6, 6.07) is 6.75. The lowest BCUT2D eigenvalue weighted by molar-refractivity contribution is -0.148. The highest BCUT2D eigenvalue weighted by atomic mass is 79.9. The van der Waals surface area contributed by atoms with Gasteiger partial charge in [0, 0.05) is 23.9 Å². The van der Waals surface area contributed by atoms with Crippen LogP contribution in [-0.4, -0.2) is 45.7 Å². The number of rotatable bonds is 4. The Labute approximate surface area is 125 Å². The van der Waals surface area contributed by atoms with Gasteiger partial charge in [0.2, 0.25) is 5.91 Å². The second-order valence-electron chi connectivity index (χ2n) is 4.92. The van der Waals surface area contributed by atoms with E-state index in [2.05, 4.69) is 15.9 Å². The molecule has 1 aliphatic heterocycles. The molecule has 1 fully saturated rings. The molecule has 108 valence electrons. The maximum absolute atomic E-state index is 12.1. The van der Waals surface area contributed by atoms with E-state index in [0.717, 1.165) is 10.0 Å². The van der Waals surface area contributed by atoms with Crippen LogP contribution in [0.3, 0.4) is 0 Å². The monoisotopic (exact) mass is 341 g/mol. The third kappa shape index (κ3) is 3.58. The number of carbonyl (C=O) groups excluding carboxylic acids is 1. The largest absolute Gasteiger partial charge is 0.480 e. The van der Waals surface area contributed by atoms with Crippen molar-refractivity contribution in [3.63, 3.8) is 0 Å². The van der Waals surface area contributed by atoms with Crippen molar-refractivity contribution in [2.75, 3.05) is 6.54 Å². The summed E-state index contributed by atoms with van der Waals surface area (Å²) < 4.78 is 0.947. The third-order valence-electron chi connectivity index (χ3n) is 3.40. The Hall–Kier alpha value is -1.40. The lowest BCUT2D eigenvalue weighted by Crippen LogP contribution is -2.40. The van der Waals surface area contributed by atoms with Crippen LogP contribution in [0, 0.1) is 0 Å². The van der Waals surface area contributed by atoms with E-state index in [1.807, 2.05) is 24.3 Å². The van der Waals surface area contributed by atoms with Crippen LogP contribution in [0.2, 0.25) is 0 Å². The minimum Gasteiger partial charge on any atom is -0.480 e. The Balaban J connectivity index is 1.96. The SMILES string of the molecule is O=C(O)[C@@H]1C[C@H](O)CN1C(=O)CCc1cccc(Br)c1. The molecule has 2 rings (SSSR count). The highest BCUT2D eigenvalue weighted by molar-refractivity contribution is 9.10. The number of carboxylic acids is 1. The summed E-state index contributed by atoms with van der Waals surface area (Å²) >= 11 is 3.37. The quantitative estimate of drug-likeness (QED) is 0.868. The molecule has 1 aliphatic rings. The molecule has 20 heavy (non-hydrogen) atoms. The maximum atomic E-state index is 12.1. The highest BCUT2D eigenvalue weighted by Crippen LogP contribution is 2.20. The number of hydrogen-bond donors (Lipinski definition) is 2. The van der Waals surface area contributed by atoms with Gasteiger partial charge in [-0.25, -0.2) is 4.79 Å². The number of benzene rings is 1. The first-order valence-corrected chi connectivity index (χ1v) is 7.21. The van der Waals surface area contributed by atoms with Crippen LogP contribution >= 0.6 is 15.9 Å². The van der Waals surface area contributed by atoms with Gasteiger partial charge in [-0.15, -0.1) is 0 Å². The predicted octanol–water partition coefficient (Wildman–Crippen LogP) is 1.43. The minimum atomic E-state index is -1.06. The van der Waals surface area contributed by atoms with E-state index < -0.39 is 18.1 Å². The van der Waals surface area contributed by atoms with Gasteiger partial charge < -0.3 is 15.1 Å². The first kappa shape index (κ1) is 15.0. The summed E-state index contributed by atoms with van der Waals surface area (Å²) in [4.78, 5) is 24.4. The van der Waals surface area contributed by atoms with Crippen LogP contribution in [-0.2, 0) is 16.0 Å². The molecule has 6 heteroatoms. The minimum absolute atomic E-state index is 0.105. The summed E-state index contributed by atoms with van der Waals surface area (Å²) in [5, 5.41) is 18.6. The van der Waals surface area contributed by atoms with Crippen LogP contribution in [0.4, 0.5) is 0 Å². The van der Waals surface area contributed by atoms with E-state index >= 15 is 0 Å². The number of aliphatic hydroxyl groups is 1. The van der Waals surface area contributed by atoms with Gasteiger partial charge in [0.25, 0.3) is 0 Å². The second-order valence-corrected chi connectivity index (χ2v) is 5.84. The number of likely N-dealkylation sites (tertiary alicyclic amines) is 1. The molecule has 0 aliphatic carbocycles. The number of β-amino-alcohol motifs (C(OH)–C–C–N with tert-alkyl or cyclic N) is 1. The van der Waals surface area contributed by atoms with Crippen molar-refractivity contribution in [1.29, 1.82) is 0 Å². The van der Waals surface area contributed by atoms with Crippen LogP contribution in [0.1, 0.15) is 18.4 Å². The van der Waals surface area contributed by atoms with Gasteiger partial charge in [-0.1, -0.05) is 28.1 Å².